The molecule has 1 heterocycles. The third kappa shape index (κ3) is 5.92. The highest BCUT2D eigenvalue weighted by atomic mass is 16.4. The number of carbonyl (C=O) groups excluding carboxylic acids is 1. The molecule has 7 nitrogen and oxygen atoms in total. The molecule has 0 aliphatic carbocycles. The molecular weight excluding hydrogens is 310 g/mol. The lowest BCUT2D eigenvalue weighted by molar-refractivity contribution is -0.144. The summed E-state index contributed by atoms with van der Waals surface area (Å²) in [5.74, 6) is -1.96. The predicted octanol–water partition coefficient (Wildman–Crippen LogP) is 0.326. The lowest BCUT2D eigenvalue weighted by atomic mass is 10.0. The molecule has 0 unspecified atom stereocenters. The maximum atomic E-state index is 12.1. The second kappa shape index (κ2) is 9.36. The van der Waals surface area contributed by atoms with Gasteiger partial charge in [0.05, 0.1) is 12.5 Å². The number of anilines is 1. The molecule has 1 atom stereocenters. The van der Waals surface area contributed by atoms with Crippen LogP contribution >= 0.6 is 0 Å². The number of amides is 1. The first-order chi connectivity index (χ1) is 11.6. The zero-order chi connectivity index (χ0) is 17.4. The Balaban J connectivity index is 1.82. The van der Waals surface area contributed by atoms with Gasteiger partial charge < -0.3 is 15.5 Å². The number of β-amino-alcohol motifs (C(OH)–C–C–N with tert-alkyl or cyclic N) is 1. The number of aliphatic carboxylic acids is 1. The summed E-state index contributed by atoms with van der Waals surface area (Å²) in [5.41, 5.74) is 0.671. The van der Waals surface area contributed by atoms with Crippen LogP contribution in [0.1, 0.15) is 6.42 Å². The van der Waals surface area contributed by atoms with Crippen LogP contribution in [0.5, 0.6) is 0 Å². The second-order valence-corrected chi connectivity index (χ2v) is 6.02. The Labute approximate surface area is 141 Å². The third-order valence-electron chi connectivity index (χ3n) is 4.20. The molecule has 1 fully saturated rings. The van der Waals surface area contributed by atoms with E-state index in [0.29, 0.717) is 18.8 Å². The van der Waals surface area contributed by atoms with Crippen LogP contribution in [0.3, 0.4) is 0 Å². The van der Waals surface area contributed by atoms with E-state index in [1.165, 1.54) is 0 Å². The van der Waals surface area contributed by atoms with E-state index in [-0.39, 0.29) is 18.9 Å². The summed E-state index contributed by atoms with van der Waals surface area (Å²) in [6.45, 7) is 4.28. The van der Waals surface area contributed by atoms with E-state index in [2.05, 4.69) is 15.1 Å². The van der Waals surface area contributed by atoms with Gasteiger partial charge in [-0.25, -0.2) is 0 Å². The van der Waals surface area contributed by atoms with Gasteiger partial charge >= 0.3 is 5.97 Å². The van der Waals surface area contributed by atoms with Crippen molar-refractivity contribution in [2.75, 3.05) is 51.2 Å². The Kier molecular flexibility index (Phi) is 7.17. The van der Waals surface area contributed by atoms with Gasteiger partial charge in [0, 0.05) is 51.4 Å². The molecule has 1 aromatic rings. The molecule has 1 aliphatic heterocycles. The highest BCUT2D eigenvalue weighted by Crippen LogP contribution is 2.12. The van der Waals surface area contributed by atoms with Crippen molar-refractivity contribution < 1.29 is 19.8 Å². The number of carbonyl (C=O) groups is 2. The Hall–Kier alpha value is -1.96. The fraction of sp³-hybridized carbons (Fsp3) is 0.529. The van der Waals surface area contributed by atoms with Crippen LogP contribution in [0.2, 0.25) is 0 Å². The lowest BCUT2D eigenvalue weighted by Crippen LogP contribution is -2.49. The number of aliphatic hydroxyl groups excluding tert-OH is 1. The van der Waals surface area contributed by atoms with Crippen molar-refractivity contribution in [3.63, 3.8) is 0 Å². The summed E-state index contributed by atoms with van der Waals surface area (Å²) >= 11 is 0. The van der Waals surface area contributed by atoms with Crippen LogP contribution < -0.4 is 5.32 Å². The fourth-order valence-corrected chi connectivity index (χ4v) is 2.84. The van der Waals surface area contributed by atoms with Gasteiger partial charge in [0.1, 0.15) is 0 Å². The van der Waals surface area contributed by atoms with Crippen molar-refractivity contribution >= 4 is 17.6 Å². The minimum atomic E-state index is -0.948. The van der Waals surface area contributed by atoms with Crippen LogP contribution in [0.25, 0.3) is 0 Å². The van der Waals surface area contributed by atoms with E-state index in [9.17, 15) is 14.7 Å². The van der Waals surface area contributed by atoms with Gasteiger partial charge in [0.25, 0.3) is 0 Å². The van der Waals surface area contributed by atoms with E-state index >= 15 is 0 Å². The van der Waals surface area contributed by atoms with Gasteiger partial charge in [-0.3, -0.25) is 19.4 Å². The first-order valence-corrected chi connectivity index (χ1v) is 8.21. The highest BCUT2D eigenvalue weighted by molar-refractivity contribution is 5.93. The van der Waals surface area contributed by atoms with Crippen molar-refractivity contribution in [2.24, 2.45) is 5.92 Å². The normalized spacial score (nSPS) is 17.4. The summed E-state index contributed by atoms with van der Waals surface area (Å²) in [6, 6.07) is 9.03. The van der Waals surface area contributed by atoms with Crippen LogP contribution in [0.4, 0.5) is 5.69 Å². The summed E-state index contributed by atoms with van der Waals surface area (Å²) in [6.07, 6.45) is -0.0406. The van der Waals surface area contributed by atoms with E-state index in [0.717, 1.165) is 26.2 Å². The van der Waals surface area contributed by atoms with Gasteiger partial charge in [-0.1, -0.05) is 18.2 Å². The molecule has 24 heavy (non-hydrogen) atoms. The average Bonchev–Trinajstić information content (AvgIpc) is 2.57. The quantitative estimate of drug-likeness (QED) is 0.634. The van der Waals surface area contributed by atoms with Crippen molar-refractivity contribution in [1.82, 2.24) is 9.80 Å². The molecule has 0 aromatic heterocycles. The maximum Gasteiger partial charge on any atom is 0.308 e. The molecule has 3 N–H and O–H groups in total. The van der Waals surface area contributed by atoms with E-state index < -0.39 is 11.9 Å². The van der Waals surface area contributed by atoms with Crippen molar-refractivity contribution in [1.29, 1.82) is 0 Å². The van der Waals surface area contributed by atoms with Crippen LogP contribution in [0.15, 0.2) is 30.3 Å². The summed E-state index contributed by atoms with van der Waals surface area (Å²) in [5, 5.41) is 21.1. The topological polar surface area (TPSA) is 93.1 Å². The van der Waals surface area contributed by atoms with Crippen LogP contribution in [-0.4, -0.2) is 77.8 Å². The lowest BCUT2D eigenvalue weighted by Gasteiger charge is -2.35. The SMILES string of the molecule is O=C(C[C@H](CN1CCN(CCO)CC1)C(=O)O)Nc1ccccc1. The van der Waals surface area contributed by atoms with E-state index in [4.69, 9.17) is 5.11 Å². The largest absolute Gasteiger partial charge is 0.481 e. The van der Waals surface area contributed by atoms with Crippen molar-refractivity contribution in [3.05, 3.63) is 30.3 Å². The Bertz CT molecular complexity index is 530. The van der Waals surface area contributed by atoms with Gasteiger partial charge in [-0.2, -0.15) is 0 Å². The Morgan fingerprint density at radius 2 is 1.71 bits per heavy atom. The number of nitrogens with zero attached hydrogens (tertiary/aromatic N) is 2. The molecule has 1 amide bonds. The van der Waals surface area contributed by atoms with Crippen molar-refractivity contribution in [2.45, 2.75) is 6.42 Å². The number of rotatable bonds is 8. The maximum absolute atomic E-state index is 12.1. The molecule has 7 heteroatoms. The molecule has 1 saturated heterocycles. The first-order valence-electron chi connectivity index (χ1n) is 8.21. The number of benzene rings is 1. The Morgan fingerprint density at radius 1 is 1.08 bits per heavy atom. The number of carboxylic acid groups (broad SMARTS) is 1. The molecule has 2 rings (SSSR count). The zero-order valence-electron chi connectivity index (χ0n) is 13.7. The minimum Gasteiger partial charge on any atom is -0.481 e. The minimum absolute atomic E-state index is 0.0406. The summed E-state index contributed by atoms with van der Waals surface area (Å²) in [4.78, 5) is 27.8. The number of carboxylic acids is 1. The predicted molar refractivity (Wildman–Crippen MR) is 90.8 cm³/mol. The molecule has 0 bridgehead atoms. The molecule has 1 aromatic carbocycles. The van der Waals surface area contributed by atoms with E-state index in [1.807, 2.05) is 18.2 Å². The average molecular weight is 335 g/mol. The standard InChI is InChI=1S/C17H25N3O4/c21-11-10-19-6-8-20(9-7-19)13-14(17(23)24)12-16(22)18-15-4-2-1-3-5-15/h1-5,14,21H,6-13H2,(H,18,22)(H,23,24)/t14-/m1/s1. The van der Waals surface area contributed by atoms with E-state index in [1.54, 1.807) is 12.1 Å². The fourth-order valence-electron chi connectivity index (χ4n) is 2.84. The molecule has 0 spiro atoms. The molecular formula is C17H25N3O4. The first kappa shape index (κ1) is 18.4. The Morgan fingerprint density at radius 3 is 2.29 bits per heavy atom. The number of nitrogens with one attached hydrogen (secondary N) is 1. The number of hydrogen-bond donors (Lipinski definition) is 3. The zero-order valence-corrected chi connectivity index (χ0v) is 13.7. The molecule has 0 saturated carbocycles. The highest BCUT2D eigenvalue weighted by Gasteiger charge is 2.26. The molecule has 0 radical (unpaired) electrons. The number of para-hydroxylation sites is 1. The summed E-state index contributed by atoms with van der Waals surface area (Å²) < 4.78 is 0. The van der Waals surface area contributed by atoms with Gasteiger partial charge in [-0.15, -0.1) is 0 Å². The number of hydrogen-bond acceptors (Lipinski definition) is 5. The smallest absolute Gasteiger partial charge is 0.308 e. The van der Waals surface area contributed by atoms with Crippen LogP contribution in [-0.2, 0) is 9.59 Å². The van der Waals surface area contributed by atoms with Crippen LogP contribution in [0, 0.1) is 5.92 Å². The van der Waals surface area contributed by atoms with Gasteiger partial charge in [0.15, 0.2) is 0 Å². The summed E-state index contributed by atoms with van der Waals surface area (Å²) in [7, 11) is 0. The third-order valence-corrected chi connectivity index (χ3v) is 4.20. The second-order valence-electron chi connectivity index (χ2n) is 6.02. The number of piperazine rings is 1. The molecule has 132 valence electrons. The van der Waals surface area contributed by atoms with Gasteiger partial charge in [-0.05, 0) is 12.1 Å². The monoisotopic (exact) mass is 335 g/mol. The van der Waals surface area contributed by atoms with Gasteiger partial charge in [0.2, 0.25) is 5.91 Å². The van der Waals surface area contributed by atoms with Crippen molar-refractivity contribution in [3.8, 4) is 0 Å². The number of aliphatic hydroxyl groups is 1. The molecule has 1 aliphatic rings.